The number of thiophene rings is 1. The van der Waals surface area contributed by atoms with Gasteiger partial charge in [-0.2, -0.15) is 4.31 Å². The van der Waals surface area contributed by atoms with E-state index in [1.54, 1.807) is 19.9 Å². The molecule has 0 radical (unpaired) electrons. The van der Waals surface area contributed by atoms with Gasteiger partial charge in [0.2, 0.25) is 15.9 Å². The van der Waals surface area contributed by atoms with Crippen LogP contribution in [-0.2, 0) is 26.1 Å². The third kappa shape index (κ3) is 4.18. The standard InChI is InChI=1S/C20H21FN4O5S2/c1-12-3-4-14(9-15(12)21)23-16(26)10-24-11-22-19-17(20(24)27)18(13(2)31-19)32(28,29)25-5-7-30-8-6-25/h3-4,9,11H,5-8,10H2,1-2H3,(H,23,26). The molecule has 1 aromatic carbocycles. The Labute approximate surface area is 187 Å². The second-order valence-electron chi connectivity index (χ2n) is 7.37. The number of fused-ring (bicyclic) bond motifs is 1. The highest BCUT2D eigenvalue weighted by Crippen LogP contribution is 2.33. The molecule has 1 aliphatic heterocycles. The molecular formula is C20H21FN4O5S2. The molecule has 3 aromatic rings. The summed E-state index contributed by atoms with van der Waals surface area (Å²) < 4.78 is 47.8. The molecule has 1 N–H and O–H groups in total. The van der Waals surface area contributed by atoms with Crippen molar-refractivity contribution in [2.75, 3.05) is 31.6 Å². The molecule has 0 bridgehead atoms. The lowest BCUT2D eigenvalue weighted by Crippen LogP contribution is -2.41. The van der Waals surface area contributed by atoms with Gasteiger partial charge in [-0.1, -0.05) is 6.07 Å². The number of carbonyl (C=O) groups excluding carboxylic acids is 1. The van der Waals surface area contributed by atoms with Crippen LogP contribution in [-0.4, -0.2) is 54.5 Å². The molecule has 12 heteroatoms. The van der Waals surface area contributed by atoms with Gasteiger partial charge in [0.15, 0.2) is 0 Å². The van der Waals surface area contributed by atoms with E-state index in [0.29, 0.717) is 10.4 Å². The second kappa shape index (κ2) is 8.70. The number of rotatable bonds is 5. The van der Waals surface area contributed by atoms with Crippen molar-refractivity contribution in [3.05, 3.63) is 51.1 Å². The highest BCUT2D eigenvalue weighted by Gasteiger charge is 2.32. The fourth-order valence-corrected chi connectivity index (χ4v) is 6.55. The fraction of sp³-hybridized carbons (Fsp3) is 0.350. The summed E-state index contributed by atoms with van der Waals surface area (Å²) in [5.41, 5.74) is 0.0641. The van der Waals surface area contributed by atoms with E-state index in [4.69, 9.17) is 4.74 Å². The number of morpholine rings is 1. The van der Waals surface area contributed by atoms with E-state index >= 15 is 0 Å². The minimum absolute atomic E-state index is 0.0318. The Morgan fingerprint density at radius 2 is 2.00 bits per heavy atom. The van der Waals surface area contributed by atoms with Gasteiger partial charge in [0.25, 0.3) is 5.56 Å². The van der Waals surface area contributed by atoms with Crippen LogP contribution in [0.3, 0.4) is 0 Å². The summed E-state index contributed by atoms with van der Waals surface area (Å²) >= 11 is 1.11. The molecule has 0 spiro atoms. The molecule has 3 heterocycles. The Balaban J connectivity index is 1.67. The first kappa shape index (κ1) is 22.5. The maximum absolute atomic E-state index is 13.7. The zero-order valence-electron chi connectivity index (χ0n) is 17.4. The van der Waals surface area contributed by atoms with Crippen LogP contribution in [0, 0.1) is 19.7 Å². The topological polar surface area (TPSA) is 111 Å². The zero-order chi connectivity index (χ0) is 23.0. The number of aryl methyl sites for hydroxylation is 2. The number of anilines is 1. The second-order valence-corrected chi connectivity index (χ2v) is 10.5. The van der Waals surface area contributed by atoms with E-state index in [-0.39, 0.29) is 47.1 Å². The molecule has 0 unspecified atom stereocenters. The Morgan fingerprint density at radius 3 is 2.69 bits per heavy atom. The van der Waals surface area contributed by atoms with Crippen molar-refractivity contribution in [3.8, 4) is 0 Å². The number of sulfonamides is 1. The van der Waals surface area contributed by atoms with Crippen molar-refractivity contribution >= 4 is 43.2 Å². The van der Waals surface area contributed by atoms with Gasteiger partial charge in [0, 0.05) is 23.7 Å². The largest absolute Gasteiger partial charge is 0.379 e. The summed E-state index contributed by atoms with van der Waals surface area (Å²) in [4.78, 5) is 30.5. The predicted molar refractivity (Wildman–Crippen MR) is 118 cm³/mol. The predicted octanol–water partition coefficient (Wildman–Crippen LogP) is 1.87. The van der Waals surface area contributed by atoms with Gasteiger partial charge in [-0.25, -0.2) is 17.8 Å². The molecule has 1 saturated heterocycles. The van der Waals surface area contributed by atoms with E-state index < -0.39 is 33.9 Å². The first-order chi connectivity index (χ1) is 15.2. The minimum Gasteiger partial charge on any atom is -0.379 e. The van der Waals surface area contributed by atoms with Gasteiger partial charge >= 0.3 is 0 Å². The van der Waals surface area contributed by atoms with Crippen molar-refractivity contribution < 1.29 is 22.3 Å². The van der Waals surface area contributed by atoms with Gasteiger partial charge in [0.05, 0.1) is 24.9 Å². The van der Waals surface area contributed by atoms with E-state index in [0.717, 1.165) is 15.9 Å². The Morgan fingerprint density at radius 1 is 1.28 bits per heavy atom. The van der Waals surface area contributed by atoms with Gasteiger partial charge in [-0.15, -0.1) is 11.3 Å². The maximum atomic E-state index is 13.7. The molecule has 1 fully saturated rings. The van der Waals surface area contributed by atoms with Crippen molar-refractivity contribution in [2.45, 2.75) is 25.3 Å². The minimum atomic E-state index is -3.93. The van der Waals surface area contributed by atoms with Gasteiger partial charge in [0.1, 0.15) is 22.1 Å². The van der Waals surface area contributed by atoms with Gasteiger partial charge in [-0.05, 0) is 31.5 Å². The number of carbonyl (C=O) groups is 1. The molecule has 170 valence electrons. The summed E-state index contributed by atoms with van der Waals surface area (Å²) in [6.45, 7) is 3.79. The SMILES string of the molecule is Cc1ccc(NC(=O)Cn2cnc3sc(C)c(S(=O)(=O)N4CCOCC4)c3c2=O)cc1F. The molecule has 0 saturated carbocycles. The highest BCUT2D eigenvalue weighted by molar-refractivity contribution is 7.89. The monoisotopic (exact) mass is 480 g/mol. The smallest absolute Gasteiger partial charge is 0.263 e. The molecule has 1 aliphatic rings. The van der Waals surface area contributed by atoms with E-state index in [1.807, 2.05) is 0 Å². The number of amides is 1. The lowest BCUT2D eigenvalue weighted by Gasteiger charge is -2.26. The molecule has 0 aliphatic carbocycles. The van der Waals surface area contributed by atoms with E-state index in [2.05, 4.69) is 10.3 Å². The number of nitrogens with zero attached hydrogens (tertiary/aromatic N) is 3. The molecule has 32 heavy (non-hydrogen) atoms. The molecule has 1 amide bonds. The summed E-state index contributed by atoms with van der Waals surface area (Å²) in [5.74, 6) is -1.03. The van der Waals surface area contributed by atoms with Crippen LogP contribution < -0.4 is 10.9 Å². The van der Waals surface area contributed by atoms with E-state index in [1.165, 1.54) is 22.8 Å². The van der Waals surface area contributed by atoms with Crippen molar-refractivity contribution in [1.29, 1.82) is 0 Å². The zero-order valence-corrected chi connectivity index (χ0v) is 19.1. The number of nitrogens with one attached hydrogen (secondary N) is 1. The van der Waals surface area contributed by atoms with Gasteiger partial charge < -0.3 is 10.1 Å². The Bertz CT molecular complexity index is 1360. The number of hydrogen-bond donors (Lipinski definition) is 1. The summed E-state index contributed by atoms with van der Waals surface area (Å²) in [6.07, 6.45) is 1.21. The van der Waals surface area contributed by atoms with Crippen LogP contribution in [0.1, 0.15) is 10.4 Å². The maximum Gasteiger partial charge on any atom is 0.263 e. The molecular weight excluding hydrogens is 459 g/mol. The third-order valence-corrected chi connectivity index (χ3v) is 8.35. The highest BCUT2D eigenvalue weighted by atomic mass is 32.2. The number of aromatic nitrogens is 2. The van der Waals surface area contributed by atoms with Crippen LogP contribution in [0.5, 0.6) is 0 Å². The van der Waals surface area contributed by atoms with Crippen molar-refractivity contribution in [1.82, 2.24) is 13.9 Å². The van der Waals surface area contributed by atoms with Crippen molar-refractivity contribution in [3.63, 3.8) is 0 Å². The summed E-state index contributed by atoms with van der Waals surface area (Å²) in [5, 5.41) is 2.50. The quantitative estimate of drug-likeness (QED) is 0.597. The number of benzene rings is 1. The average molecular weight is 481 g/mol. The molecule has 9 nitrogen and oxygen atoms in total. The first-order valence-electron chi connectivity index (χ1n) is 9.81. The van der Waals surface area contributed by atoms with Crippen LogP contribution in [0.2, 0.25) is 0 Å². The van der Waals surface area contributed by atoms with E-state index in [9.17, 15) is 22.4 Å². The molecule has 2 aromatic heterocycles. The number of hydrogen-bond acceptors (Lipinski definition) is 7. The van der Waals surface area contributed by atoms with Gasteiger partial charge in [-0.3, -0.25) is 14.2 Å². The van der Waals surface area contributed by atoms with Crippen LogP contribution >= 0.6 is 11.3 Å². The molecule has 4 rings (SSSR count). The molecule has 0 atom stereocenters. The number of ether oxygens (including phenoxy) is 1. The fourth-order valence-electron chi connectivity index (χ4n) is 3.48. The Hall–Kier alpha value is -2.67. The van der Waals surface area contributed by atoms with Crippen LogP contribution in [0.15, 0.2) is 34.2 Å². The third-order valence-electron chi connectivity index (χ3n) is 5.14. The normalized spacial score (nSPS) is 15.2. The first-order valence-corrected chi connectivity index (χ1v) is 12.1. The lowest BCUT2D eigenvalue weighted by molar-refractivity contribution is -0.116. The van der Waals surface area contributed by atoms with Crippen LogP contribution in [0.4, 0.5) is 10.1 Å². The lowest BCUT2D eigenvalue weighted by atomic mass is 10.2. The van der Waals surface area contributed by atoms with Crippen LogP contribution in [0.25, 0.3) is 10.2 Å². The average Bonchev–Trinajstić information content (AvgIpc) is 3.11. The Kier molecular flexibility index (Phi) is 6.12. The number of halogens is 1. The summed E-state index contributed by atoms with van der Waals surface area (Å²) in [6, 6.07) is 4.27. The summed E-state index contributed by atoms with van der Waals surface area (Å²) in [7, 11) is -3.93. The van der Waals surface area contributed by atoms with Crippen molar-refractivity contribution in [2.24, 2.45) is 0 Å².